The fourth-order valence-electron chi connectivity index (χ4n) is 1.78. The molecule has 0 saturated heterocycles. The predicted octanol–water partition coefficient (Wildman–Crippen LogP) is 1.67. The first-order valence-electron chi connectivity index (χ1n) is 6.42. The third-order valence-corrected chi connectivity index (χ3v) is 2.80. The summed E-state index contributed by atoms with van der Waals surface area (Å²) >= 11 is 0. The molecule has 0 heterocycles. The third-order valence-electron chi connectivity index (χ3n) is 2.80. The number of nitriles is 1. The van der Waals surface area contributed by atoms with Crippen molar-refractivity contribution in [2.24, 2.45) is 5.73 Å². The lowest BCUT2D eigenvalue weighted by Gasteiger charge is -2.09. The molecule has 0 atom stereocenters. The van der Waals surface area contributed by atoms with Crippen molar-refractivity contribution in [1.29, 1.82) is 5.26 Å². The Kier molecular flexibility index (Phi) is 4.73. The van der Waals surface area contributed by atoms with Gasteiger partial charge < -0.3 is 15.8 Å². The molecule has 0 spiro atoms. The second-order valence-electron chi connectivity index (χ2n) is 4.39. The van der Waals surface area contributed by atoms with E-state index in [-0.39, 0.29) is 6.61 Å². The molecule has 0 aliphatic heterocycles. The highest BCUT2D eigenvalue weighted by atomic mass is 16.5. The fourth-order valence-corrected chi connectivity index (χ4v) is 1.78. The molecule has 2 aromatic rings. The Balaban J connectivity index is 1.98. The van der Waals surface area contributed by atoms with Gasteiger partial charge in [0.05, 0.1) is 5.56 Å². The number of carbonyl (C=O) groups excluding carboxylic acids is 2. The van der Waals surface area contributed by atoms with E-state index in [9.17, 15) is 9.59 Å². The smallest absolute Gasteiger partial charge is 0.262 e. The molecule has 2 amide bonds. The van der Waals surface area contributed by atoms with Crippen molar-refractivity contribution in [2.45, 2.75) is 0 Å². The lowest BCUT2D eigenvalue weighted by molar-refractivity contribution is -0.118. The van der Waals surface area contributed by atoms with E-state index < -0.39 is 11.8 Å². The Labute approximate surface area is 127 Å². The van der Waals surface area contributed by atoms with Crippen LogP contribution in [0.1, 0.15) is 15.9 Å². The van der Waals surface area contributed by atoms with Crippen LogP contribution in [0, 0.1) is 11.3 Å². The van der Waals surface area contributed by atoms with Crippen LogP contribution in [0.4, 0.5) is 5.69 Å². The number of nitrogens with zero attached hydrogens (tertiary/aromatic N) is 1. The summed E-state index contributed by atoms with van der Waals surface area (Å²) in [5.41, 5.74) is 6.27. The van der Waals surface area contributed by atoms with Crippen molar-refractivity contribution in [3.8, 4) is 11.8 Å². The van der Waals surface area contributed by atoms with Crippen molar-refractivity contribution in [3.63, 3.8) is 0 Å². The predicted molar refractivity (Wildman–Crippen MR) is 80.2 cm³/mol. The quantitative estimate of drug-likeness (QED) is 0.875. The molecule has 0 saturated carbocycles. The minimum atomic E-state index is -0.574. The van der Waals surface area contributed by atoms with Gasteiger partial charge in [0.25, 0.3) is 5.91 Å². The Morgan fingerprint density at radius 1 is 1.18 bits per heavy atom. The zero-order chi connectivity index (χ0) is 15.9. The molecule has 6 nitrogen and oxygen atoms in total. The van der Waals surface area contributed by atoms with Gasteiger partial charge in [0.15, 0.2) is 6.61 Å². The number of nitrogens with one attached hydrogen (secondary N) is 1. The molecule has 22 heavy (non-hydrogen) atoms. The van der Waals surface area contributed by atoms with Crippen LogP contribution in [0.15, 0.2) is 48.5 Å². The van der Waals surface area contributed by atoms with Gasteiger partial charge in [-0.05, 0) is 30.3 Å². The molecule has 6 heteroatoms. The first-order valence-corrected chi connectivity index (χ1v) is 6.42. The van der Waals surface area contributed by atoms with Crippen LogP contribution in [0.5, 0.6) is 5.75 Å². The number of carbonyl (C=O) groups is 2. The van der Waals surface area contributed by atoms with Gasteiger partial charge in [-0.2, -0.15) is 5.26 Å². The minimum Gasteiger partial charge on any atom is -0.482 e. The molecule has 0 aromatic heterocycles. The monoisotopic (exact) mass is 295 g/mol. The molecule has 3 N–H and O–H groups in total. The number of ether oxygens (including phenoxy) is 1. The van der Waals surface area contributed by atoms with Crippen LogP contribution < -0.4 is 15.8 Å². The summed E-state index contributed by atoms with van der Waals surface area (Å²) in [6, 6.07) is 14.9. The minimum absolute atomic E-state index is 0.251. The Morgan fingerprint density at radius 3 is 2.68 bits per heavy atom. The number of hydrogen-bond acceptors (Lipinski definition) is 4. The maximum atomic E-state index is 11.8. The molecule has 0 aliphatic rings. The van der Waals surface area contributed by atoms with Crippen LogP contribution >= 0.6 is 0 Å². The van der Waals surface area contributed by atoms with E-state index >= 15 is 0 Å². The van der Waals surface area contributed by atoms with E-state index in [4.69, 9.17) is 15.7 Å². The second-order valence-corrected chi connectivity index (χ2v) is 4.39. The standard InChI is InChI=1S/C16H13N3O3/c17-9-12-4-1-2-7-14(12)22-10-15(20)19-13-6-3-5-11(8-13)16(18)21/h1-8H,10H2,(H2,18,21)(H,19,20). The van der Waals surface area contributed by atoms with Crippen molar-refractivity contribution in [3.05, 3.63) is 59.7 Å². The normalized spacial score (nSPS) is 9.59. The topological polar surface area (TPSA) is 105 Å². The van der Waals surface area contributed by atoms with Crippen LogP contribution in [-0.4, -0.2) is 18.4 Å². The van der Waals surface area contributed by atoms with Gasteiger partial charge >= 0.3 is 0 Å². The number of primary amides is 1. The number of amides is 2. The molecule has 2 aromatic carbocycles. The van der Waals surface area contributed by atoms with E-state index in [1.54, 1.807) is 42.5 Å². The van der Waals surface area contributed by atoms with Crippen LogP contribution in [-0.2, 0) is 4.79 Å². The maximum Gasteiger partial charge on any atom is 0.262 e. The average Bonchev–Trinajstić information content (AvgIpc) is 2.53. The average molecular weight is 295 g/mol. The van der Waals surface area contributed by atoms with Gasteiger partial charge in [0.2, 0.25) is 5.91 Å². The Morgan fingerprint density at radius 2 is 1.95 bits per heavy atom. The largest absolute Gasteiger partial charge is 0.482 e. The zero-order valence-corrected chi connectivity index (χ0v) is 11.6. The second kappa shape index (κ2) is 6.90. The van der Waals surface area contributed by atoms with Crippen molar-refractivity contribution < 1.29 is 14.3 Å². The molecule has 0 radical (unpaired) electrons. The van der Waals surface area contributed by atoms with Gasteiger partial charge in [-0.1, -0.05) is 18.2 Å². The number of anilines is 1. The molecule has 0 bridgehead atoms. The van der Waals surface area contributed by atoms with E-state index in [0.29, 0.717) is 22.6 Å². The number of benzene rings is 2. The maximum absolute atomic E-state index is 11.8. The summed E-state index contributed by atoms with van der Waals surface area (Å²) < 4.78 is 5.31. The van der Waals surface area contributed by atoms with E-state index in [1.165, 1.54) is 6.07 Å². The Hall–Kier alpha value is -3.33. The highest BCUT2D eigenvalue weighted by molar-refractivity contribution is 5.96. The zero-order valence-electron chi connectivity index (χ0n) is 11.6. The van der Waals surface area contributed by atoms with Crippen molar-refractivity contribution in [2.75, 3.05) is 11.9 Å². The third kappa shape index (κ3) is 3.84. The van der Waals surface area contributed by atoms with Gasteiger partial charge in [0, 0.05) is 11.3 Å². The molecule has 0 fully saturated rings. The molecular formula is C16H13N3O3. The lowest BCUT2D eigenvalue weighted by atomic mass is 10.2. The van der Waals surface area contributed by atoms with Crippen LogP contribution in [0.25, 0.3) is 0 Å². The highest BCUT2D eigenvalue weighted by Crippen LogP contribution is 2.16. The summed E-state index contributed by atoms with van der Waals surface area (Å²) in [7, 11) is 0. The van der Waals surface area contributed by atoms with Crippen LogP contribution in [0.3, 0.4) is 0 Å². The van der Waals surface area contributed by atoms with Gasteiger partial charge in [0.1, 0.15) is 11.8 Å². The van der Waals surface area contributed by atoms with Gasteiger partial charge in [-0.3, -0.25) is 9.59 Å². The molecule has 2 rings (SSSR count). The lowest BCUT2D eigenvalue weighted by Crippen LogP contribution is -2.21. The van der Waals surface area contributed by atoms with E-state index in [1.807, 2.05) is 6.07 Å². The summed E-state index contributed by atoms with van der Waals surface area (Å²) in [5.74, 6) is -0.643. The SMILES string of the molecule is N#Cc1ccccc1OCC(=O)Nc1cccc(C(N)=O)c1. The summed E-state index contributed by atoms with van der Waals surface area (Å²) in [6.45, 7) is -0.251. The molecule has 110 valence electrons. The van der Waals surface area contributed by atoms with Gasteiger partial charge in [-0.15, -0.1) is 0 Å². The molecule has 0 unspecified atom stereocenters. The van der Waals surface area contributed by atoms with E-state index in [2.05, 4.69) is 5.32 Å². The summed E-state index contributed by atoms with van der Waals surface area (Å²) in [4.78, 5) is 22.9. The summed E-state index contributed by atoms with van der Waals surface area (Å²) in [5, 5.41) is 11.5. The van der Waals surface area contributed by atoms with E-state index in [0.717, 1.165) is 0 Å². The number of rotatable bonds is 5. The number of para-hydroxylation sites is 1. The molecular weight excluding hydrogens is 282 g/mol. The number of hydrogen-bond donors (Lipinski definition) is 2. The Bertz CT molecular complexity index is 750. The van der Waals surface area contributed by atoms with Crippen molar-refractivity contribution >= 4 is 17.5 Å². The van der Waals surface area contributed by atoms with Crippen LogP contribution in [0.2, 0.25) is 0 Å². The molecule has 0 aliphatic carbocycles. The summed E-state index contributed by atoms with van der Waals surface area (Å²) in [6.07, 6.45) is 0. The van der Waals surface area contributed by atoms with Gasteiger partial charge in [-0.25, -0.2) is 0 Å². The highest BCUT2D eigenvalue weighted by Gasteiger charge is 2.08. The first-order chi connectivity index (χ1) is 10.6. The fraction of sp³-hybridized carbons (Fsp3) is 0.0625. The number of nitrogens with two attached hydrogens (primary N) is 1. The van der Waals surface area contributed by atoms with Crippen molar-refractivity contribution in [1.82, 2.24) is 0 Å². The first kappa shape index (κ1) is 15.1.